The second-order valence-electron chi connectivity index (χ2n) is 13.3. The molecule has 3 atom stereocenters. The van der Waals surface area contributed by atoms with Gasteiger partial charge in [0.1, 0.15) is 18.1 Å². The minimum absolute atomic E-state index is 0.392. The SMILES string of the molecule is CCCCCCCCCCCCCCCCCC[N+](C(C)c1ccccc1)(C(C)c1ccccc1)C(C)c1ccccc1. The Labute approximate surface area is 266 Å². The summed E-state index contributed by atoms with van der Waals surface area (Å²) >= 11 is 0. The Morgan fingerprint density at radius 2 is 0.628 bits per heavy atom. The van der Waals surface area contributed by atoms with Crippen molar-refractivity contribution in [1.82, 2.24) is 0 Å². The number of rotatable bonds is 23. The van der Waals surface area contributed by atoms with E-state index in [9.17, 15) is 0 Å². The van der Waals surface area contributed by atoms with E-state index < -0.39 is 0 Å². The van der Waals surface area contributed by atoms with E-state index >= 15 is 0 Å². The first kappa shape index (κ1) is 35.1. The van der Waals surface area contributed by atoms with Crippen molar-refractivity contribution in [2.75, 3.05) is 6.54 Å². The summed E-state index contributed by atoms with van der Waals surface area (Å²) in [4.78, 5) is 0. The number of nitrogens with zero attached hydrogens (tertiary/aromatic N) is 1. The van der Waals surface area contributed by atoms with Crippen LogP contribution in [0, 0.1) is 0 Å². The summed E-state index contributed by atoms with van der Waals surface area (Å²) in [5.41, 5.74) is 4.35. The van der Waals surface area contributed by atoms with E-state index in [0.717, 1.165) is 4.48 Å². The van der Waals surface area contributed by atoms with Crippen LogP contribution in [-0.2, 0) is 0 Å². The molecule has 236 valence electrons. The molecule has 0 aliphatic heterocycles. The second kappa shape index (κ2) is 20.6. The van der Waals surface area contributed by atoms with Crippen LogP contribution in [0.3, 0.4) is 0 Å². The zero-order valence-corrected chi connectivity index (χ0v) is 28.4. The van der Waals surface area contributed by atoms with Gasteiger partial charge in [0.25, 0.3) is 0 Å². The van der Waals surface area contributed by atoms with Gasteiger partial charge in [-0.1, -0.05) is 188 Å². The summed E-state index contributed by atoms with van der Waals surface area (Å²) < 4.78 is 1.05. The lowest BCUT2D eigenvalue weighted by atomic mass is 9.90. The van der Waals surface area contributed by atoms with Crippen molar-refractivity contribution >= 4 is 0 Å². The van der Waals surface area contributed by atoms with Crippen LogP contribution in [0.25, 0.3) is 0 Å². The molecule has 3 unspecified atom stereocenters. The van der Waals surface area contributed by atoms with Gasteiger partial charge in [0, 0.05) is 16.7 Å². The third kappa shape index (κ3) is 11.2. The molecule has 43 heavy (non-hydrogen) atoms. The van der Waals surface area contributed by atoms with Gasteiger partial charge in [0.05, 0.1) is 6.54 Å². The number of benzene rings is 3. The summed E-state index contributed by atoms with van der Waals surface area (Å²) in [5, 5.41) is 0. The molecule has 0 heterocycles. The minimum atomic E-state index is 0.392. The van der Waals surface area contributed by atoms with Crippen LogP contribution in [0.15, 0.2) is 91.0 Å². The molecule has 1 nitrogen and oxygen atoms in total. The Kier molecular flexibility index (Phi) is 16.8. The van der Waals surface area contributed by atoms with Gasteiger partial charge < -0.3 is 4.48 Å². The zero-order valence-electron chi connectivity index (χ0n) is 28.4. The van der Waals surface area contributed by atoms with Crippen LogP contribution in [-0.4, -0.2) is 11.0 Å². The van der Waals surface area contributed by atoms with Gasteiger partial charge in [-0.3, -0.25) is 0 Å². The van der Waals surface area contributed by atoms with Crippen LogP contribution in [0.4, 0.5) is 0 Å². The van der Waals surface area contributed by atoms with Gasteiger partial charge in [0.2, 0.25) is 0 Å². The Bertz CT molecular complexity index is 949. The molecule has 3 rings (SSSR count). The Morgan fingerprint density at radius 3 is 0.907 bits per heavy atom. The highest BCUT2D eigenvalue weighted by Crippen LogP contribution is 2.47. The second-order valence-corrected chi connectivity index (χ2v) is 13.3. The minimum Gasteiger partial charge on any atom is -0.306 e. The molecule has 0 radical (unpaired) electrons. The molecule has 0 N–H and O–H groups in total. The Balaban J connectivity index is 1.56. The third-order valence-corrected chi connectivity index (χ3v) is 10.4. The molecule has 1 heteroatoms. The van der Waals surface area contributed by atoms with Crippen LogP contribution >= 0.6 is 0 Å². The molecule has 3 aromatic carbocycles. The summed E-state index contributed by atoms with van der Waals surface area (Å²) in [6.45, 7) is 11.0. The molecular weight excluding hydrogens is 518 g/mol. The Hall–Kier alpha value is -2.38. The molecule has 0 bridgehead atoms. The van der Waals surface area contributed by atoms with Gasteiger partial charge in [0.15, 0.2) is 0 Å². The standard InChI is InChI=1S/C42H64N/c1-5-6-7-8-9-10-11-12-13-14-15-16-17-18-19-29-36-43(37(2)40-30-23-20-24-31-40,38(3)41-32-25-21-26-33-41)39(4)42-34-27-22-28-35-42/h20-28,30-35,37-39H,5-19,29,36H2,1-4H3/q+1. The van der Waals surface area contributed by atoms with Crippen LogP contribution in [0.1, 0.15) is 165 Å². The maximum atomic E-state index is 2.49. The first-order chi connectivity index (χ1) is 21.1. The van der Waals surface area contributed by atoms with Gasteiger partial charge in [-0.05, 0) is 33.6 Å². The fourth-order valence-electron chi connectivity index (χ4n) is 7.55. The molecule has 0 spiro atoms. The van der Waals surface area contributed by atoms with E-state index in [1.54, 1.807) is 0 Å². The van der Waals surface area contributed by atoms with Crippen LogP contribution in [0.2, 0.25) is 0 Å². The van der Waals surface area contributed by atoms with Gasteiger partial charge >= 0.3 is 0 Å². The molecule has 0 fully saturated rings. The average molecular weight is 583 g/mol. The topological polar surface area (TPSA) is 0 Å². The molecular formula is C42H64N+. The average Bonchev–Trinajstić information content (AvgIpc) is 3.06. The summed E-state index contributed by atoms with van der Waals surface area (Å²) in [6.07, 6.45) is 22.6. The monoisotopic (exact) mass is 583 g/mol. The highest BCUT2D eigenvalue weighted by molar-refractivity contribution is 5.22. The summed E-state index contributed by atoms with van der Waals surface area (Å²) in [6, 6.07) is 35.0. The maximum Gasteiger partial charge on any atom is 0.113 e. The molecule has 0 amide bonds. The molecule has 0 saturated heterocycles. The molecule has 0 aliphatic rings. The lowest BCUT2D eigenvalue weighted by molar-refractivity contribution is -1.01. The van der Waals surface area contributed by atoms with Crippen molar-refractivity contribution in [1.29, 1.82) is 0 Å². The van der Waals surface area contributed by atoms with E-state index in [2.05, 4.69) is 119 Å². The van der Waals surface area contributed by atoms with Crippen molar-refractivity contribution in [3.05, 3.63) is 108 Å². The Morgan fingerprint density at radius 1 is 0.372 bits per heavy atom. The van der Waals surface area contributed by atoms with Gasteiger partial charge in [-0.15, -0.1) is 0 Å². The fourth-order valence-corrected chi connectivity index (χ4v) is 7.55. The third-order valence-electron chi connectivity index (χ3n) is 10.4. The predicted molar refractivity (Wildman–Crippen MR) is 189 cm³/mol. The number of hydrogen-bond donors (Lipinski definition) is 0. The van der Waals surface area contributed by atoms with E-state index in [4.69, 9.17) is 0 Å². The van der Waals surface area contributed by atoms with Gasteiger partial charge in [-0.2, -0.15) is 0 Å². The van der Waals surface area contributed by atoms with Crippen molar-refractivity contribution in [2.45, 2.75) is 149 Å². The lowest BCUT2D eigenvalue weighted by Gasteiger charge is -2.52. The molecule has 0 aliphatic carbocycles. The van der Waals surface area contributed by atoms with Crippen molar-refractivity contribution < 1.29 is 4.48 Å². The van der Waals surface area contributed by atoms with Crippen LogP contribution < -0.4 is 0 Å². The smallest absolute Gasteiger partial charge is 0.113 e. The molecule has 3 aromatic rings. The zero-order chi connectivity index (χ0) is 30.6. The first-order valence-corrected chi connectivity index (χ1v) is 18.1. The fraction of sp³-hybridized carbons (Fsp3) is 0.571. The molecule has 0 saturated carbocycles. The predicted octanol–water partition coefficient (Wildman–Crippen LogP) is 13.3. The summed E-state index contributed by atoms with van der Waals surface area (Å²) in [5.74, 6) is 0. The normalized spacial score (nSPS) is 15.1. The number of unbranched alkanes of at least 4 members (excludes halogenated alkanes) is 15. The maximum absolute atomic E-state index is 2.49. The highest BCUT2D eigenvalue weighted by atomic mass is 15.4. The van der Waals surface area contributed by atoms with E-state index in [0.29, 0.717) is 18.1 Å². The van der Waals surface area contributed by atoms with E-state index in [1.165, 1.54) is 126 Å². The van der Waals surface area contributed by atoms with E-state index in [-0.39, 0.29) is 0 Å². The number of quaternary nitrogens is 1. The summed E-state index contributed by atoms with van der Waals surface area (Å²) in [7, 11) is 0. The van der Waals surface area contributed by atoms with Crippen molar-refractivity contribution in [3.63, 3.8) is 0 Å². The van der Waals surface area contributed by atoms with E-state index in [1.807, 2.05) is 0 Å². The first-order valence-electron chi connectivity index (χ1n) is 18.1. The largest absolute Gasteiger partial charge is 0.306 e. The lowest BCUT2D eigenvalue weighted by Crippen LogP contribution is -2.53. The van der Waals surface area contributed by atoms with Crippen molar-refractivity contribution in [3.8, 4) is 0 Å². The van der Waals surface area contributed by atoms with Gasteiger partial charge in [-0.25, -0.2) is 0 Å². The van der Waals surface area contributed by atoms with Crippen molar-refractivity contribution in [2.24, 2.45) is 0 Å². The highest BCUT2D eigenvalue weighted by Gasteiger charge is 2.45. The quantitative estimate of drug-likeness (QED) is 0.0770. The van der Waals surface area contributed by atoms with Crippen LogP contribution in [0.5, 0.6) is 0 Å². The molecule has 0 aromatic heterocycles. The number of hydrogen-bond acceptors (Lipinski definition) is 0.